The summed E-state index contributed by atoms with van der Waals surface area (Å²) in [6.45, 7) is 13.2. The number of carbonyl (C=O) groups excluding carboxylic acids is 1. The molecule has 5 heteroatoms. The summed E-state index contributed by atoms with van der Waals surface area (Å²) in [5.74, 6) is -0.0151. The number of amides is 1. The van der Waals surface area contributed by atoms with E-state index < -0.39 is 0 Å². The van der Waals surface area contributed by atoms with Crippen LogP contribution in [0.4, 0.5) is 0 Å². The second kappa shape index (κ2) is 7.38. The summed E-state index contributed by atoms with van der Waals surface area (Å²) in [4.78, 5) is 19.5. The molecule has 0 aliphatic rings. The van der Waals surface area contributed by atoms with Gasteiger partial charge in [0.1, 0.15) is 0 Å². The van der Waals surface area contributed by atoms with Gasteiger partial charge in [0.05, 0.1) is 17.1 Å². The molecule has 28 heavy (non-hydrogen) atoms. The van der Waals surface area contributed by atoms with Crippen molar-refractivity contribution in [3.8, 4) is 0 Å². The van der Waals surface area contributed by atoms with Crippen LogP contribution in [0.3, 0.4) is 0 Å². The summed E-state index contributed by atoms with van der Waals surface area (Å²) < 4.78 is 1.87. The van der Waals surface area contributed by atoms with Gasteiger partial charge in [0.2, 0.25) is 0 Å². The maximum Gasteiger partial charge on any atom is 0.254 e. The zero-order chi connectivity index (χ0) is 20.6. The average molecular weight is 379 g/mol. The highest BCUT2D eigenvalue weighted by Crippen LogP contribution is 2.24. The number of rotatable bonds is 4. The third kappa shape index (κ3) is 3.93. The first-order chi connectivity index (χ1) is 13.1. The molecule has 3 rings (SSSR count). The number of carbonyl (C=O) groups is 1. The van der Waals surface area contributed by atoms with Crippen molar-refractivity contribution in [1.29, 1.82) is 0 Å². The van der Waals surface area contributed by atoms with Crippen LogP contribution in [0.5, 0.6) is 0 Å². The van der Waals surface area contributed by atoms with Crippen molar-refractivity contribution in [2.75, 3.05) is 7.05 Å². The molecule has 0 bridgehead atoms. The highest BCUT2D eigenvalue weighted by molar-refractivity contribution is 6.05. The first kappa shape index (κ1) is 20.1. The molecule has 1 aromatic carbocycles. The van der Waals surface area contributed by atoms with E-state index in [1.807, 2.05) is 24.7 Å². The van der Waals surface area contributed by atoms with E-state index in [9.17, 15) is 4.79 Å². The van der Waals surface area contributed by atoms with Crippen LogP contribution in [0.2, 0.25) is 0 Å². The van der Waals surface area contributed by atoms with Crippen molar-refractivity contribution in [3.63, 3.8) is 0 Å². The number of aromatic nitrogens is 3. The fourth-order valence-electron chi connectivity index (χ4n) is 3.36. The van der Waals surface area contributed by atoms with E-state index >= 15 is 0 Å². The monoisotopic (exact) mass is 378 g/mol. The van der Waals surface area contributed by atoms with Gasteiger partial charge in [0, 0.05) is 25.3 Å². The van der Waals surface area contributed by atoms with Crippen LogP contribution in [0, 0.1) is 6.92 Å². The molecule has 1 amide bonds. The van der Waals surface area contributed by atoms with Gasteiger partial charge in [-0.05, 0) is 43.4 Å². The highest BCUT2D eigenvalue weighted by atomic mass is 16.2. The third-order valence-corrected chi connectivity index (χ3v) is 5.00. The number of fused-ring (bicyclic) bond motifs is 1. The van der Waals surface area contributed by atoms with E-state index in [1.165, 1.54) is 5.56 Å². The van der Waals surface area contributed by atoms with Crippen LogP contribution < -0.4 is 0 Å². The average Bonchev–Trinajstić information content (AvgIpc) is 3.04. The molecule has 0 N–H and O–H groups in total. The van der Waals surface area contributed by atoms with Crippen LogP contribution in [0.15, 0.2) is 36.5 Å². The summed E-state index contributed by atoms with van der Waals surface area (Å²) >= 11 is 0. The van der Waals surface area contributed by atoms with Gasteiger partial charge < -0.3 is 4.90 Å². The molecule has 0 atom stereocenters. The molecule has 0 radical (unpaired) electrons. The second-order valence-corrected chi connectivity index (χ2v) is 8.84. The molecule has 0 aliphatic heterocycles. The Balaban J connectivity index is 1.87. The van der Waals surface area contributed by atoms with Crippen LogP contribution in [-0.4, -0.2) is 32.6 Å². The van der Waals surface area contributed by atoms with Gasteiger partial charge in [-0.25, -0.2) is 9.67 Å². The molecule has 2 heterocycles. The van der Waals surface area contributed by atoms with Gasteiger partial charge >= 0.3 is 0 Å². The Hall–Kier alpha value is -2.69. The van der Waals surface area contributed by atoms with Gasteiger partial charge in [-0.2, -0.15) is 5.10 Å². The molecule has 5 nitrogen and oxygen atoms in total. The lowest BCUT2D eigenvalue weighted by atomic mass is 9.87. The molecule has 0 unspecified atom stereocenters. The molecule has 3 aromatic rings. The minimum Gasteiger partial charge on any atom is -0.337 e. The summed E-state index contributed by atoms with van der Waals surface area (Å²) in [6, 6.07) is 10.6. The van der Waals surface area contributed by atoms with Crippen LogP contribution in [0.1, 0.15) is 67.8 Å². The Kier molecular flexibility index (Phi) is 5.28. The number of hydrogen-bond acceptors (Lipinski definition) is 3. The molecule has 0 fully saturated rings. The summed E-state index contributed by atoms with van der Waals surface area (Å²) in [5, 5.41) is 5.24. The number of pyridine rings is 1. The van der Waals surface area contributed by atoms with E-state index in [0.717, 1.165) is 22.3 Å². The van der Waals surface area contributed by atoms with Crippen LogP contribution in [-0.2, 0) is 12.0 Å². The lowest BCUT2D eigenvalue weighted by molar-refractivity contribution is 0.0787. The van der Waals surface area contributed by atoms with Gasteiger partial charge in [-0.1, -0.05) is 45.0 Å². The Bertz CT molecular complexity index is 994. The van der Waals surface area contributed by atoms with E-state index in [0.29, 0.717) is 12.1 Å². The number of nitrogens with zero attached hydrogens (tertiary/aromatic N) is 4. The SMILES string of the molecule is Cc1cc(C(=O)N(C)Cc2ccc(C(C)(C)C)cc2)c2cnn(C(C)C)c2n1. The second-order valence-electron chi connectivity index (χ2n) is 8.84. The maximum absolute atomic E-state index is 13.2. The van der Waals surface area contributed by atoms with Gasteiger partial charge in [-0.3, -0.25) is 4.79 Å². The Morgan fingerprint density at radius 3 is 2.39 bits per heavy atom. The molecule has 0 saturated carbocycles. The van der Waals surface area contributed by atoms with E-state index in [1.54, 1.807) is 11.1 Å². The van der Waals surface area contributed by atoms with Crippen molar-refractivity contribution in [3.05, 3.63) is 58.9 Å². The van der Waals surface area contributed by atoms with Crippen molar-refractivity contribution in [2.24, 2.45) is 0 Å². The Morgan fingerprint density at radius 1 is 1.18 bits per heavy atom. The number of aryl methyl sites for hydroxylation is 1. The zero-order valence-corrected chi connectivity index (χ0v) is 17.9. The molecular formula is C23H30N4O. The van der Waals surface area contributed by atoms with Crippen LogP contribution >= 0.6 is 0 Å². The van der Waals surface area contributed by atoms with Crippen LogP contribution in [0.25, 0.3) is 11.0 Å². The first-order valence-electron chi connectivity index (χ1n) is 9.77. The quantitative estimate of drug-likeness (QED) is 0.649. The molecule has 0 aliphatic carbocycles. The van der Waals surface area contributed by atoms with E-state index in [4.69, 9.17) is 0 Å². The lowest BCUT2D eigenvalue weighted by Gasteiger charge is -2.21. The Morgan fingerprint density at radius 2 is 1.82 bits per heavy atom. The lowest BCUT2D eigenvalue weighted by Crippen LogP contribution is -2.26. The van der Waals surface area contributed by atoms with Crippen molar-refractivity contribution in [2.45, 2.75) is 59.5 Å². The standard InChI is InChI=1S/C23H30N4O/c1-15(2)27-21-20(13-24-27)19(12-16(3)25-21)22(28)26(7)14-17-8-10-18(11-9-17)23(4,5)6/h8-13,15H,14H2,1-7H3. The summed E-state index contributed by atoms with van der Waals surface area (Å²) in [7, 11) is 1.84. The van der Waals surface area contributed by atoms with Gasteiger partial charge in [-0.15, -0.1) is 0 Å². The summed E-state index contributed by atoms with van der Waals surface area (Å²) in [6.07, 6.45) is 1.75. The highest BCUT2D eigenvalue weighted by Gasteiger charge is 2.20. The zero-order valence-electron chi connectivity index (χ0n) is 17.9. The predicted molar refractivity (Wildman–Crippen MR) is 114 cm³/mol. The fourth-order valence-corrected chi connectivity index (χ4v) is 3.36. The molecule has 148 valence electrons. The minimum atomic E-state index is -0.0151. The normalized spacial score (nSPS) is 12.0. The van der Waals surface area contributed by atoms with Gasteiger partial charge in [0.15, 0.2) is 5.65 Å². The molecule has 0 saturated heterocycles. The van der Waals surface area contributed by atoms with Gasteiger partial charge in [0.25, 0.3) is 5.91 Å². The summed E-state index contributed by atoms with van der Waals surface area (Å²) in [5.41, 5.74) is 4.77. The molecule has 2 aromatic heterocycles. The fraction of sp³-hybridized carbons (Fsp3) is 0.435. The van der Waals surface area contributed by atoms with Crippen molar-refractivity contribution in [1.82, 2.24) is 19.7 Å². The van der Waals surface area contributed by atoms with Crippen molar-refractivity contribution >= 4 is 16.9 Å². The third-order valence-electron chi connectivity index (χ3n) is 5.00. The largest absolute Gasteiger partial charge is 0.337 e. The topological polar surface area (TPSA) is 51.0 Å². The van der Waals surface area contributed by atoms with E-state index in [2.05, 4.69) is 69.0 Å². The van der Waals surface area contributed by atoms with E-state index in [-0.39, 0.29) is 17.4 Å². The molecular weight excluding hydrogens is 348 g/mol. The first-order valence-corrected chi connectivity index (χ1v) is 9.77. The Labute approximate surface area is 167 Å². The predicted octanol–water partition coefficient (Wildman–Crippen LogP) is 4.89. The smallest absolute Gasteiger partial charge is 0.254 e. The maximum atomic E-state index is 13.2. The molecule has 0 spiro atoms. The minimum absolute atomic E-state index is 0.0151. The number of hydrogen-bond donors (Lipinski definition) is 0. The van der Waals surface area contributed by atoms with Crippen molar-refractivity contribution < 1.29 is 4.79 Å². The number of benzene rings is 1.